The summed E-state index contributed by atoms with van der Waals surface area (Å²) in [5.74, 6) is 1.75. The number of rotatable bonds is 5. The maximum atomic E-state index is 4.37. The predicted octanol–water partition coefficient (Wildman–Crippen LogP) is 2.21. The minimum atomic E-state index is 0.636. The highest BCUT2D eigenvalue weighted by molar-refractivity contribution is 5.80. The van der Waals surface area contributed by atoms with Crippen LogP contribution in [-0.2, 0) is 0 Å². The molecule has 0 aromatic carbocycles. The molecule has 0 aromatic heterocycles. The van der Waals surface area contributed by atoms with Crippen LogP contribution in [0.4, 0.5) is 0 Å². The fourth-order valence-corrected chi connectivity index (χ4v) is 3.51. The van der Waals surface area contributed by atoms with E-state index < -0.39 is 0 Å². The molecule has 116 valence electrons. The number of likely N-dealkylation sites (tertiary alicyclic amines) is 1. The summed E-state index contributed by atoms with van der Waals surface area (Å²) in [7, 11) is 1.88. The van der Waals surface area contributed by atoms with Gasteiger partial charge in [0, 0.05) is 32.2 Å². The summed E-state index contributed by atoms with van der Waals surface area (Å²) in [4.78, 5) is 7.01. The van der Waals surface area contributed by atoms with E-state index in [1.165, 1.54) is 51.6 Å². The van der Waals surface area contributed by atoms with Crippen molar-refractivity contribution < 1.29 is 0 Å². The second-order valence-electron chi connectivity index (χ2n) is 6.76. The Bertz CT molecular complexity index is 308. The van der Waals surface area contributed by atoms with Gasteiger partial charge in [-0.2, -0.15) is 0 Å². The van der Waals surface area contributed by atoms with Gasteiger partial charge in [0.1, 0.15) is 0 Å². The van der Waals surface area contributed by atoms with Crippen LogP contribution in [-0.4, -0.2) is 49.6 Å². The van der Waals surface area contributed by atoms with Gasteiger partial charge >= 0.3 is 0 Å². The minimum absolute atomic E-state index is 0.636. The Hall–Kier alpha value is -0.770. The van der Waals surface area contributed by atoms with Crippen molar-refractivity contribution in [3.63, 3.8) is 0 Å². The van der Waals surface area contributed by atoms with E-state index in [4.69, 9.17) is 0 Å². The Kier molecular flexibility index (Phi) is 6.14. The molecule has 1 aliphatic heterocycles. The van der Waals surface area contributed by atoms with Crippen LogP contribution in [0.3, 0.4) is 0 Å². The number of aliphatic imine (C=N–C) groups is 1. The maximum absolute atomic E-state index is 4.37. The Morgan fingerprint density at radius 1 is 1.20 bits per heavy atom. The molecule has 2 rings (SSSR count). The second kappa shape index (κ2) is 7.87. The molecule has 4 nitrogen and oxygen atoms in total. The van der Waals surface area contributed by atoms with Crippen molar-refractivity contribution >= 4 is 5.96 Å². The summed E-state index contributed by atoms with van der Waals surface area (Å²) in [6.07, 6.45) is 7.97. The third kappa shape index (κ3) is 4.65. The van der Waals surface area contributed by atoms with Crippen molar-refractivity contribution in [2.24, 2.45) is 10.9 Å². The summed E-state index contributed by atoms with van der Waals surface area (Å²) in [5, 5.41) is 7.10. The molecule has 1 aliphatic carbocycles. The zero-order valence-electron chi connectivity index (χ0n) is 13.5. The molecule has 4 heteroatoms. The van der Waals surface area contributed by atoms with Gasteiger partial charge in [-0.3, -0.25) is 9.89 Å². The number of hydrogen-bond donors (Lipinski definition) is 2. The van der Waals surface area contributed by atoms with Gasteiger partial charge in [0.2, 0.25) is 0 Å². The van der Waals surface area contributed by atoms with E-state index in [0.717, 1.165) is 18.4 Å². The molecular formula is C16H32N4. The van der Waals surface area contributed by atoms with E-state index in [-0.39, 0.29) is 0 Å². The molecule has 0 amide bonds. The Morgan fingerprint density at radius 2 is 1.95 bits per heavy atom. The third-order valence-electron chi connectivity index (χ3n) is 4.52. The fourth-order valence-electron chi connectivity index (χ4n) is 3.51. The van der Waals surface area contributed by atoms with Gasteiger partial charge in [0.05, 0.1) is 0 Å². The van der Waals surface area contributed by atoms with Crippen LogP contribution in [0.1, 0.15) is 52.4 Å². The molecule has 2 fully saturated rings. The summed E-state index contributed by atoms with van der Waals surface area (Å²) in [5.41, 5.74) is 0. The van der Waals surface area contributed by atoms with Crippen LogP contribution in [0.5, 0.6) is 0 Å². The summed E-state index contributed by atoms with van der Waals surface area (Å²) in [6, 6.07) is 1.32. The molecule has 1 saturated carbocycles. The monoisotopic (exact) mass is 280 g/mol. The van der Waals surface area contributed by atoms with Gasteiger partial charge in [-0.05, 0) is 38.1 Å². The zero-order chi connectivity index (χ0) is 14.4. The van der Waals surface area contributed by atoms with Crippen LogP contribution in [0.15, 0.2) is 4.99 Å². The molecule has 2 N–H and O–H groups in total. The molecule has 0 spiro atoms. The quantitative estimate of drug-likeness (QED) is 0.599. The van der Waals surface area contributed by atoms with Gasteiger partial charge in [-0.1, -0.05) is 26.7 Å². The normalized spacial score (nSPS) is 25.6. The van der Waals surface area contributed by atoms with Gasteiger partial charge in [-0.25, -0.2) is 0 Å². The SMILES string of the molecule is CN=C(NC[C@H]1CCCN1CC(C)C)NC1CCCC1. The van der Waals surface area contributed by atoms with Gasteiger partial charge in [-0.15, -0.1) is 0 Å². The highest BCUT2D eigenvalue weighted by Crippen LogP contribution is 2.19. The molecule has 0 radical (unpaired) electrons. The van der Waals surface area contributed by atoms with Crippen LogP contribution in [0.2, 0.25) is 0 Å². The van der Waals surface area contributed by atoms with Gasteiger partial charge < -0.3 is 10.6 Å². The van der Waals surface area contributed by atoms with Crippen molar-refractivity contribution in [3.8, 4) is 0 Å². The topological polar surface area (TPSA) is 39.7 Å². The van der Waals surface area contributed by atoms with Crippen LogP contribution in [0, 0.1) is 5.92 Å². The first-order chi connectivity index (χ1) is 9.69. The lowest BCUT2D eigenvalue weighted by atomic mass is 10.1. The van der Waals surface area contributed by atoms with Gasteiger partial charge in [0.15, 0.2) is 5.96 Å². The zero-order valence-corrected chi connectivity index (χ0v) is 13.5. The van der Waals surface area contributed by atoms with E-state index >= 15 is 0 Å². The molecule has 1 heterocycles. The predicted molar refractivity (Wildman–Crippen MR) is 86.2 cm³/mol. The summed E-state index contributed by atoms with van der Waals surface area (Å²) < 4.78 is 0. The van der Waals surface area contributed by atoms with Crippen LogP contribution >= 0.6 is 0 Å². The van der Waals surface area contributed by atoms with E-state index in [2.05, 4.69) is 34.4 Å². The Balaban J connectivity index is 1.74. The Morgan fingerprint density at radius 3 is 2.60 bits per heavy atom. The molecule has 1 atom stereocenters. The van der Waals surface area contributed by atoms with E-state index in [1.807, 2.05) is 7.05 Å². The summed E-state index contributed by atoms with van der Waals surface area (Å²) in [6.45, 7) is 8.13. The fraction of sp³-hybridized carbons (Fsp3) is 0.938. The van der Waals surface area contributed by atoms with Gasteiger partial charge in [0.25, 0.3) is 0 Å². The van der Waals surface area contributed by atoms with E-state index in [9.17, 15) is 0 Å². The average molecular weight is 280 g/mol. The largest absolute Gasteiger partial charge is 0.355 e. The van der Waals surface area contributed by atoms with Crippen molar-refractivity contribution in [2.75, 3.05) is 26.7 Å². The Labute approximate surface area is 124 Å². The maximum Gasteiger partial charge on any atom is 0.191 e. The second-order valence-corrected chi connectivity index (χ2v) is 6.76. The number of guanidine groups is 1. The molecule has 1 saturated heterocycles. The van der Waals surface area contributed by atoms with E-state index in [1.54, 1.807) is 0 Å². The lowest BCUT2D eigenvalue weighted by Crippen LogP contribution is -2.47. The van der Waals surface area contributed by atoms with E-state index in [0.29, 0.717) is 12.1 Å². The van der Waals surface area contributed by atoms with Crippen molar-refractivity contribution in [1.29, 1.82) is 0 Å². The first-order valence-corrected chi connectivity index (χ1v) is 8.40. The van der Waals surface area contributed by atoms with Crippen molar-refractivity contribution in [1.82, 2.24) is 15.5 Å². The molecular weight excluding hydrogens is 248 g/mol. The van der Waals surface area contributed by atoms with Crippen molar-refractivity contribution in [2.45, 2.75) is 64.5 Å². The summed E-state index contributed by atoms with van der Waals surface area (Å²) >= 11 is 0. The highest BCUT2D eigenvalue weighted by atomic mass is 15.2. The molecule has 2 aliphatic rings. The smallest absolute Gasteiger partial charge is 0.191 e. The first-order valence-electron chi connectivity index (χ1n) is 8.40. The standard InChI is InChI=1S/C16H32N4/c1-13(2)12-20-10-6-9-15(20)11-18-16(17-3)19-14-7-4-5-8-14/h13-15H,4-12H2,1-3H3,(H2,17,18,19)/t15-/m1/s1. The van der Waals surface area contributed by atoms with Crippen LogP contribution in [0.25, 0.3) is 0 Å². The number of nitrogens with one attached hydrogen (secondary N) is 2. The number of nitrogens with zero attached hydrogens (tertiary/aromatic N) is 2. The molecule has 0 aromatic rings. The lowest BCUT2D eigenvalue weighted by Gasteiger charge is -2.27. The molecule has 0 bridgehead atoms. The molecule has 20 heavy (non-hydrogen) atoms. The van der Waals surface area contributed by atoms with Crippen LogP contribution < -0.4 is 10.6 Å². The van der Waals surface area contributed by atoms with Crippen molar-refractivity contribution in [3.05, 3.63) is 0 Å². The average Bonchev–Trinajstić information content (AvgIpc) is 3.05. The number of hydrogen-bond acceptors (Lipinski definition) is 2. The minimum Gasteiger partial charge on any atom is -0.355 e. The lowest BCUT2D eigenvalue weighted by molar-refractivity contribution is 0.226. The molecule has 0 unspecified atom stereocenters. The first kappa shape index (κ1) is 15.6. The highest BCUT2D eigenvalue weighted by Gasteiger charge is 2.25. The third-order valence-corrected chi connectivity index (χ3v) is 4.52.